The molecule has 0 heterocycles. The molecule has 0 saturated carbocycles. The molecule has 1 aromatic rings. The fourth-order valence-electron chi connectivity index (χ4n) is 1.80. The molecular weight excluding hydrogens is 240 g/mol. The van der Waals surface area contributed by atoms with Crippen LogP contribution in [-0.4, -0.2) is 19.1 Å². The SMILES string of the molecule is CCC(C)[C@H](N)C(=O)NC(C)c1ccc(OC)cc1. The largest absolute Gasteiger partial charge is 0.497 e. The minimum absolute atomic E-state index is 0.0616. The minimum atomic E-state index is -0.453. The first-order valence-corrected chi connectivity index (χ1v) is 6.69. The van der Waals surface area contributed by atoms with Gasteiger partial charge in [0, 0.05) is 0 Å². The fraction of sp³-hybridized carbons (Fsp3) is 0.533. The summed E-state index contributed by atoms with van der Waals surface area (Å²) >= 11 is 0. The Bertz CT molecular complexity index is 403. The van der Waals surface area contributed by atoms with Crippen LogP contribution in [0.1, 0.15) is 38.8 Å². The van der Waals surface area contributed by atoms with Crippen molar-refractivity contribution in [3.63, 3.8) is 0 Å². The number of carbonyl (C=O) groups is 1. The lowest BCUT2D eigenvalue weighted by atomic mass is 9.98. The zero-order chi connectivity index (χ0) is 14.4. The summed E-state index contributed by atoms with van der Waals surface area (Å²) < 4.78 is 5.11. The van der Waals surface area contributed by atoms with Crippen molar-refractivity contribution in [2.24, 2.45) is 11.7 Å². The van der Waals surface area contributed by atoms with E-state index in [4.69, 9.17) is 10.5 Å². The van der Waals surface area contributed by atoms with Gasteiger partial charge >= 0.3 is 0 Å². The van der Waals surface area contributed by atoms with Crippen LogP contribution in [0.3, 0.4) is 0 Å². The molecule has 4 nitrogen and oxygen atoms in total. The smallest absolute Gasteiger partial charge is 0.237 e. The van der Waals surface area contributed by atoms with Gasteiger partial charge in [-0.15, -0.1) is 0 Å². The van der Waals surface area contributed by atoms with E-state index in [0.717, 1.165) is 17.7 Å². The summed E-state index contributed by atoms with van der Waals surface area (Å²) in [5.41, 5.74) is 6.94. The zero-order valence-electron chi connectivity index (χ0n) is 12.1. The number of carbonyl (C=O) groups excluding carboxylic acids is 1. The molecule has 0 spiro atoms. The van der Waals surface area contributed by atoms with Gasteiger partial charge in [0.15, 0.2) is 0 Å². The predicted octanol–water partition coefficient (Wildman–Crippen LogP) is 2.25. The number of methoxy groups -OCH3 is 1. The molecule has 19 heavy (non-hydrogen) atoms. The first-order valence-electron chi connectivity index (χ1n) is 6.69. The lowest BCUT2D eigenvalue weighted by molar-refractivity contribution is -0.124. The van der Waals surface area contributed by atoms with Crippen molar-refractivity contribution >= 4 is 5.91 Å². The lowest BCUT2D eigenvalue weighted by Crippen LogP contribution is -2.45. The molecule has 2 unspecified atom stereocenters. The van der Waals surface area contributed by atoms with Gasteiger partial charge in [-0.1, -0.05) is 32.4 Å². The molecule has 0 fully saturated rings. The van der Waals surface area contributed by atoms with Crippen molar-refractivity contribution in [1.29, 1.82) is 0 Å². The molecule has 106 valence electrons. The van der Waals surface area contributed by atoms with E-state index in [1.807, 2.05) is 45.0 Å². The van der Waals surface area contributed by atoms with Gasteiger partial charge in [0.2, 0.25) is 5.91 Å². The van der Waals surface area contributed by atoms with Crippen LogP contribution in [0.5, 0.6) is 5.75 Å². The van der Waals surface area contributed by atoms with E-state index in [-0.39, 0.29) is 17.9 Å². The van der Waals surface area contributed by atoms with Crippen LogP contribution in [0.15, 0.2) is 24.3 Å². The molecule has 1 aromatic carbocycles. The van der Waals surface area contributed by atoms with Crippen molar-refractivity contribution in [3.05, 3.63) is 29.8 Å². The molecule has 0 saturated heterocycles. The molecule has 1 rings (SSSR count). The number of nitrogens with one attached hydrogen (secondary N) is 1. The molecule has 4 heteroatoms. The highest BCUT2D eigenvalue weighted by molar-refractivity contribution is 5.82. The second-order valence-corrected chi connectivity index (χ2v) is 4.91. The molecule has 3 N–H and O–H groups in total. The Morgan fingerprint density at radius 1 is 1.32 bits per heavy atom. The maximum atomic E-state index is 12.0. The highest BCUT2D eigenvalue weighted by atomic mass is 16.5. The summed E-state index contributed by atoms with van der Waals surface area (Å²) in [6.45, 7) is 5.97. The van der Waals surface area contributed by atoms with Crippen molar-refractivity contribution in [3.8, 4) is 5.75 Å². The molecule has 0 aliphatic rings. The van der Waals surface area contributed by atoms with E-state index in [1.54, 1.807) is 7.11 Å². The number of nitrogens with two attached hydrogens (primary N) is 1. The Balaban J connectivity index is 2.63. The second-order valence-electron chi connectivity index (χ2n) is 4.91. The summed E-state index contributed by atoms with van der Waals surface area (Å²) in [5.74, 6) is 0.888. The molecular formula is C15H24N2O2. The lowest BCUT2D eigenvalue weighted by Gasteiger charge is -2.21. The van der Waals surface area contributed by atoms with Crippen LogP contribution in [0.2, 0.25) is 0 Å². The number of rotatable bonds is 6. The third-order valence-corrected chi connectivity index (χ3v) is 3.53. The Kier molecular flexibility index (Phi) is 5.83. The van der Waals surface area contributed by atoms with Gasteiger partial charge in [0.25, 0.3) is 0 Å². The van der Waals surface area contributed by atoms with Gasteiger partial charge in [0.1, 0.15) is 5.75 Å². The van der Waals surface area contributed by atoms with E-state index in [0.29, 0.717) is 0 Å². The predicted molar refractivity (Wildman–Crippen MR) is 77.0 cm³/mol. The van der Waals surface area contributed by atoms with E-state index in [9.17, 15) is 4.79 Å². The van der Waals surface area contributed by atoms with Gasteiger partial charge in [0.05, 0.1) is 19.2 Å². The third kappa shape index (κ3) is 4.24. The second kappa shape index (κ2) is 7.14. The average molecular weight is 264 g/mol. The van der Waals surface area contributed by atoms with Crippen LogP contribution in [0.25, 0.3) is 0 Å². The molecule has 0 aromatic heterocycles. The summed E-state index contributed by atoms with van der Waals surface area (Å²) in [6.07, 6.45) is 0.894. The molecule has 0 aliphatic carbocycles. The van der Waals surface area contributed by atoms with E-state index < -0.39 is 6.04 Å². The fourth-order valence-corrected chi connectivity index (χ4v) is 1.80. The summed E-state index contributed by atoms with van der Waals surface area (Å²) in [4.78, 5) is 12.0. The highest BCUT2D eigenvalue weighted by Crippen LogP contribution is 2.17. The Morgan fingerprint density at radius 3 is 2.37 bits per heavy atom. The van der Waals surface area contributed by atoms with Crippen LogP contribution in [0.4, 0.5) is 0 Å². The van der Waals surface area contributed by atoms with Crippen molar-refractivity contribution < 1.29 is 9.53 Å². The van der Waals surface area contributed by atoms with E-state index in [1.165, 1.54) is 0 Å². The highest BCUT2D eigenvalue weighted by Gasteiger charge is 2.21. The Hall–Kier alpha value is -1.55. The first-order chi connectivity index (χ1) is 8.99. The quantitative estimate of drug-likeness (QED) is 0.828. The van der Waals surface area contributed by atoms with Gasteiger partial charge in [-0.25, -0.2) is 0 Å². The van der Waals surface area contributed by atoms with Crippen LogP contribution >= 0.6 is 0 Å². The third-order valence-electron chi connectivity index (χ3n) is 3.53. The maximum absolute atomic E-state index is 12.0. The van der Waals surface area contributed by atoms with Crippen LogP contribution in [-0.2, 0) is 4.79 Å². The molecule has 0 bridgehead atoms. The van der Waals surface area contributed by atoms with Crippen LogP contribution in [0, 0.1) is 5.92 Å². The number of hydrogen-bond donors (Lipinski definition) is 2. The summed E-state index contributed by atoms with van der Waals surface area (Å²) in [6, 6.07) is 7.13. The van der Waals surface area contributed by atoms with Gasteiger partial charge < -0.3 is 15.8 Å². The summed E-state index contributed by atoms with van der Waals surface area (Å²) in [5, 5.41) is 2.94. The number of amides is 1. The van der Waals surface area contributed by atoms with Crippen molar-refractivity contribution in [2.45, 2.75) is 39.3 Å². The Morgan fingerprint density at radius 2 is 1.89 bits per heavy atom. The average Bonchev–Trinajstić information content (AvgIpc) is 2.45. The zero-order valence-corrected chi connectivity index (χ0v) is 12.1. The van der Waals surface area contributed by atoms with E-state index in [2.05, 4.69) is 5.32 Å². The van der Waals surface area contributed by atoms with Gasteiger partial charge in [-0.05, 0) is 30.5 Å². The van der Waals surface area contributed by atoms with Crippen molar-refractivity contribution in [1.82, 2.24) is 5.32 Å². The maximum Gasteiger partial charge on any atom is 0.237 e. The summed E-state index contributed by atoms with van der Waals surface area (Å²) in [7, 11) is 1.63. The number of ether oxygens (including phenoxy) is 1. The number of hydrogen-bond acceptors (Lipinski definition) is 3. The molecule has 0 aliphatic heterocycles. The Labute approximate surface area is 115 Å². The topological polar surface area (TPSA) is 64.4 Å². The van der Waals surface area contributed by atoms with Gasteiger partial charge in [-0.3, -0.25) is 4.79 Å². The van der Waals surface area contributed by atoms with Gasteiger partial charge in [-0.2, -0.15) is 0 Å². The monoisotopic (exact) mass is 264 g/mol. The van der Waals surface area contributed by atoms with E-state index >= 15 is 0 Å². The van der Waals surface area contributed by atoms with Crippen LogP contribution < -0.4 is 15.8 Å². The molecule has 0 radical (unpaired) electrons. The molecule has 1 amide bonds. The first kappa shape index (κ1) is 15.5. The molecule has 3 atom stereocenters. The van der Waals surface area contributed by atoms with Crippen molar-refractivity contribution in [2.75, 3.05) is 7.11 Å². The normalized spacial score (nSPS) is 15.4. The number of benzene rings is 1. The minimum Gasteiger partial charge on any atom is -0.497 e. The standard InChI is InChI=1S/C15H24N2O2/c1-5-10(2)14(16)15(18)17-11(3)12-6-8-13(19-4)9-7-12/h6-11,14H,5,16H2,1-4H3,(H,17,18)/t10?,11?,14-/m0/s1.